The molecule has 0 aromatic heterocycles. The number of amides is 1. The molecule has 2 bridgehead atoms. The van der Waals surface area contributed by atoms with E-state index in [-0.39, 0.29) is 24.9 Å². The molecular weight excluding hydrogens is 326 g/mol. The Labute approximate surface area is 148 Å². The first-order chi connectivity index (χ1) is 11.3. The third-order valence-electron chi connectivity index (χ3n) is 4.59. The van der Waals surface area contributed by atoms with Crippen LogP contribution in [0.1, 0.15) is 67.2 Å². The van der Waals surface area contributed by atoms with Crippen LogP contribution in [0.2, 0.25) is 0 Å². The number of rotatable bonds is 2. The van der Waals surface area contributed by atoms with E-state index in [9.17, 15) is 19.5 Å². The molecular formula is C18H29NO6. The molecule has 2 aliphatic rings. The number of carboxylic acid groups (broad SMARTS) is 1. The molecule has 0 aliphatic carbocycles. The number of ether oxygens (including phenoxy) is 2. The zero-order valence-corrected chi connectivity index (χ0v) is 15.9. The molecule has 2 rings (SSSR count). The first kappa shape index (κ1) is 19.5. The van der Waals surface area contributed by atoms with Crippen molar-refractivity contribution in [3.63, 3.8) is 0 Å². The van der Waals surface area contributed by atoms with Crippen LogP contribution in [-0.4, -0.2) is 51.3 Å². The Hall–Kier alpha value is -1.79. The van der Waals surface area contributed by atoms with Crippen LogP contribution < -0.4 is 0 Å². The molecule has 1 N–H and O–H groups in total. The van der Waals surface area contributed by atoms with Gasteiger partial charge in [-0.15, -0.1) is 0 Å². The SMILES string of the molecule is CC(C)(C)OC(=O)N1C2CCC1CC(C(=O)O)(C(=O)OC(C)(C)C)C2. The maximum atomic E-state index is 12.7. The van der Waals surface area contributed by atoms with Crippen molar-refractivity contribution in [3.05, 3.63) is 0 Å². The topological polar surface area (TPSA) is 93.1 Å². The molecule has 2 heterocycles. The van der Waals surface area contributed by atoms with Crippen molar-refractivity contribution in [2.24, 2.45) is 5.41 Å². The molecule has 25 heavy (non-hydrogen) atoms. The van der Waals surface area contributed by atoms with Crippen molar-refractivity contribution in [1.29, 1.82) is 0 Å². The van der Waals surface area contributed by atoms with E-state index in [0.717, 1.165) is 0 Å². The summed E-state index contributed by atoms with van der Waals surface area (Å²) in [6.45, 7) is 10.5. The quantitative estimate of drug-likeness (QED) is 0.605. The summed E-state index contributed by atoms with van der Waals surface area (Å²) in [5.74, 6) is -1.89. The highest BCUT2D eigenvalue weighted by Gasteiger charge is 2.59. The van der Waals surface area contributed by atoms with E-state index < -0.39 is 34.6 Å². The Bertz CT molecular complexity index is 557. The zero-order valence-electron chi connectivity index (χ0n) is 15.9. The minimum absolute atomic E-state index is 0.0625. The molecule has 0 aromatic carbocycles. The average Bonchev–Trinajstić information content (AvgIpc) is 2.66. The van der Waals surface area contributed by atoms with E-state index in [1.54, 1.807) is 46.4 Å². The van der Waals surface area contributed by atoms with Gasteiger partial charge in [-0.1, -0.05) is 0 Å². The first-order valence-electron chi connectivity index (χ1n) is 8.73. The second-order valence-corrected chi connectivity index (χ2v) is 9.07. The van der Waals surface area contributed by atoms with Crippen molar-refractivity contribution >= 4 is 18.0 Å². The summed E-state index contributed by atoms with van der Waals surface area (Å²) in [5.41, 5.74) is -2.98. The number of carboxylic acids is 1. The van der Waals surface area contributed by atoms with Gasteiger partial charge >= 0.3 is 18.0 Å². The number of nitrogens with zero attached hydrogens (tertiary/aromatic N) is 1. The lowest BCUT2D eigenvalue weighted by atomic mass is 9.74. The van der Waals surface area contributed by atoms with Crippen LogP contribution in [0.3, 0.4) is 0 Å². The number of hydrogen-bond donors (Lipinski definition) is 1. The Balaban J connectivity index is 2.24. The Kier molecular flexibility index (Phi) is 4.83. The van der Waals surface area contributed by atoms with Crippen LogP contribution in [0.25, 0.3) is 0 Å². The number of hydrogen-bond acceptors (Lipinski definition) is 5. The second-order valence-electron chi connectivity index (χ2n) is 9.07. The van der Waals surface area contributed by atoms with Gasteiger partial charge in [0.1, 0.15) is 11.2 Å². The van der Waals surface area contributed by atoms with Crippen LogP contribution in [0.15, 0.2) is 0 Å². The first-order valence-corrected chi connectivity index (χ1v) is 8.73. The fraction of sp³-hybridized carbons (Fsp3) is 0.833. The largest absolute Gasteiger partial charge is 0.480 e. The summed E-state index contributed by atoms with van der Waals surface area (Å²) in [7, 11) is 0. The number of fused-ring (bicyclic) bond motifs is 2. The summed E-state index contributed by atoms with van der Waals surface area (Å²) in [4.78, 5) is 38.8. The van der Waals surface area contributed by atoms with E-state index in [0.29, 0.717) is 12.8 Å². The molecule has 0 aromatic rings. The minimum Gasteiger partial charge on any atom is -0.480 e. The van der Waals surface area contributed by atoms with E-state index in [1.807, 2.05) is 0 Å². The highest BCUT2D eigenvalue weighted by molar-refractivity contribution is 6.00. The van der Waals surface area contributed by atoms with Gasteiger partial charge in [0.25, 0.3) is 0 Å². The number of carbonyl (C=O) groups excluding carboxylic acids is 2. The van der Waals surface area contributed by atoms with Crippen molar-refractivity contribution in [1.82, 2.24) is 4.90 Å². The molecule has 2 unspecified atom stereocenters. The molecule has 2 fully saturated rings. The maximum absolute atomic E-state index is 12.7. The van der Waals surface area contributed by atoms with Gasteiger partial charge in [-0.05, 0) is 67.2 Å². The van der Waals surface area contributed by atoms with Crippen LogP contribution in [0.4, 0.5) is 4.79 Å². The van der Waals surface area contributed by atoms with Crippen molar-refractivity contribution in [3.8, 4) is 0 Å². The molecule has 2 saturated heterocycles. The van der Waals surface area contributed by atoms with Crippen molar-refractivity contribution in [2.75, 3.05) is 0 Å². The van der Waals surface area contributed by atoms with Crippen LogP contribution in [0.5, 0.6) is 0 Å². The maximum Gasteiger partial charge on any atom is 0.410 e. The highest BCUT2D eigenvalue weighted by Crippen LogP contribution is 2.47. The van der Waals surface area contributed by atoms with Crippen LogP contribution >= 0.6 is 0 Å². The van der Waals surface area contributed by atoms with E-state index in [1.165, 1.54) is 0 Å². The van der Waals surface area contributed by atoms with Crippen LogP contribution in [0, 0.1) is 5.41 Å². The van der Waals surface area contributed by atoms with E-state index in [2.05, 4.69) is 0 Å². The van der Waals surface area contributed by atoms with Gasteiger partial charge in [-0.3, -0.25) is 9.59 Å². The second kappa shape index (κ2) is 6.18. The fourth-order valence-corrected chi connectivity index (χ4v) is 3.67. The lowest BCUT2D eigenvalue weighted by molar-refractivity contribution is -0.182. The molecule has 0 spiro atoms. The number of piperidine rings is 1. The van der Waals surface area contributed by atoms with Crippen molar-refractivity contribution in [2.45, 2.75) is 90.5 Å². The highest BCUT2D eigenvalue weighted by atomic mass is 16.6. The minimum atomic E-state index is -1.60. The van der Waals surface area contributed by atoms with Gasteiger partial charge in [0, 0.05) is 12.1 Å². The standard InChI is InChI=1S/C18H29NO6/c1-16(2,3)24-14(22)18(13(20)21)9-11-7-8-12(10-18)19(11)15(23)25-17(4,5)6/h11-12H,7-10H2,1-6H3,(H,20,21). The Morgan fingerprint density at radius 1 is 0.920 bits per heavy atom. The molecule has 1 amide bonds. The van der Waals surface area contributed by atoms with Crippen molar-refractivity contribution < 1.29 is 29.0 Å². The van der Waals surface area contributed by atoms with Gasteiger partial charge in [-0.25, -0.2) is 4.79 Å². The molecule has 0 saturated carbocycles. The van der Waals surface area contributed by atoms with Gasteiger partial charge in [0.2, 0.25) is 0 Å². The molecule has 7 heteroatoms. The monoisotopic (exact) mass is 355 g/mol. The van der Waals surface area contributed by atoms with Crippen LogP contribution in [-0.2, 0) is 19.1 Å². The summed E-state index contributed by atoms with van der Waals surface area (Å²) in [5, 5.41) is 9.80. The molecule has 2 aliphatic heterocycles. The molecule has 0 radical (unpaired) electrons. The molecule has 2 atom stereocenters. The summed E-state index contributed by atoms with van der Waals surface area (Å²) in [6, 6.07) is -0.644. The predicted molar refractivity (Wildman–Crippen MR) is 90.0 cm³/mol. The number of esters is 1. The lowest BCUT2D eigenvalue weighted by Crippen LogP contribution is -2.57. The normalized spacial score (nSPS) is 29.3. The predicted octanol–water partition coefficient (Wildman–Crippen LogP) is 2.96. The lowest BCUT2D eigenvalue weighted by Gasteiger charge is -2.43. The fourth-order valence-electron chi connectivity index (χ4n) is 3.67. The summed E-state index contributed by atoms with van der Waals surface area (Å²) >= 11 is 0. The van der Waals surface area contributed by atoms with E-state index >= 15 is 0 Å². The Morgan fingerprint density at radius 3 is 1.72 bits per heavy atom. The zero-order chi connectivity index (χ0) is 19.2. The van der Waals surface area contributed by atoms with Gasteiger partial charge < -0.3 is 19.5 Å². The number of aliphatic carboxylic acids is 1. The van der Waals surface area contributed by atoms with Gasteiger partial charge in [-0.2, -0.15) is 0 Å². The smallest absolute Gasteiger partial charge is 0.410 e. The van der Waals surface area contributed by atoms with E-state index in [4.69, 9.17) is 9.47 Å². The summed E-state index contributed by atoms with van der Waals surface area (Å²) in [6.07, 6.45) is 1.02. The van der Waals surface area contributed by atoms with Gasteiger partial charge in [0.15, 0.2) is 5.41 Å². The average molecular weight is 355 g/mol. The number of carbonyl (C=O) groups is 3. The molecule has 142 valence electrons. The molecule has 7 nitrogen and oxygen atoms in total. The third kappa shape index (κ3) is 4.07. The third-order valence-corrected chi connectivity index (χ3v) is 4.59. The Morgan fingerprint density at radius 2 is 1.36 bits per heavy atom. The van der Waals surface area contributed by atoms with Gasteiger partial charge in [0.05, 0.1) is 0 Å². The summed E-state index contributed by atoms with van der Waals surface area (Å²) < 4.78 is 10.8.